The number of sulfonamides is 1. The third kappa shape index (κ3) is 6.32. The topological polar surface area (TPSA) is 105 Å². The van der Waals surface area contributed by atoms with Crippen LogP contribution in [0.15, 0.2) is 72.8 Å². The molecule has 0 spiro atoms. The molecule has 0 saturated carbocycles. The molecule has 0 unspecified atom stereocenters. The van der Waals surface area contributed by atoms with Crippen LogP contribution in [-0.4, -0.2) is 31.8 Å². The minimum absolute atomic E-state index is 0. The van der Waals surface area contributed by atoms with Crippen LogP contribution in [0, 0.1) is 0 Å². The van der Waals surface area contributed by atoms with E-state index in [1.807, 2.05) is 72.8 Å². The quantitative estimate of drug-likeness (QED) is 0.335. The Bertz CT molecular complexity index is 1330. The molecule has 4 rings (SSSR count). The van der Waals surface area contributed by atoms with Crippen LogP contribution < -0.4 is 20.1 Å². The van der Waals surface area contributed by atoms with Crippen molar-refractivity contribution in [1.82, 2.24) is 14.7 Å². The molecule has 172 valence electrons. The molecular formula is C23H24ClN5O3S. The lowest BCUT2D eigenvalue weighted by Crippen LogP contribution is -2.21. The van der Waals surface area contributed by atoms with Gasteiger partial charge in [0, 0.05) is 23.3 Å². The molecule has 0 aliphatic carbocycles. The summed E-state index contributed by atoms with van der Waals surface area (Å²) in [5.74, 6) is 1.70. The highest BCUT2D eigenvalue weighted by atomic mass is 35.5. The minimum atomic E-state index is -3.24. The summed E-state index contributed by atoms with van der Waals surface area (Å²) in [6, 6.07) is 22.8. The van der Waals surface area contributed by atoms with Gasteiger partial charge < -0.3 is 15.4 Å². The van der Waals surface area contributed by atoms with Gasteiger partial charge in [0.25, 0.3) is 0 Å². The number of benzene rings is 3. The van der Waals surface area contributed by atoms with Crippen molar-refractivity contribution in [2.24, 2.45) is 0 Å². The van der Waals surface area contributed by atoms with Gasteiger partial charge >= 0.3 is 0 Å². The molecule has 0 aliphatic rings. The van der Waals surface area contributed by atoms with Crippen molar-refractivity contribution in [2.45, 2.75) is 6.54 Å². The lowest BCUT2D eigenvalue weighted by Gasteiger charge is -2.14. The second-order valence-corrected chi connectivity index (χ2v) is 8.99. The van der Waals surface area contributed by atoms with Crippen molar-refractivity contribution in [3.05, 3.63) is 78.4 Å². The highest BCUT2D eigenvalue weighted by molar-refractivity contribution is 7.88. The Morgan fingerprint density at radius 3 is 2.21 bits per heavy atom. The highest BCUT2D eigenvalue weighted by Gasteiger charge is 2.12. The Balaban J connectivity index is 0.00000306. The average Bonchev–Trinajstić information content (AvgIpc) is 2.78. The number of nitrogens with one attached hydrogen (secondary N) is 3. The maximum Gasteiger partial charge on any atom is 0.229 e. The number of methoxy groups -OCH3 is 1. The predicted octanol–water partition coefficient (Wildman–Crippen LogP) is 4.60. The van der Waals surface area contributed by atoms with Crippen molar-refractivity contribution in [3.63, 3.8) is 0 Å². The van der Waals surface area contributed by atoms with Crippen molar-refractivity contribution in [2.75, 3.05) is 24.0 Å². The number of halogens is 1. The van der Waals surface area contributed by atoms with Crippen LogP contribution in [0.1, 0.15) is 5.56 Å². The zero-order valence-electron chi connectivity index (χ0n) is 18.1. The lowest BCUT2D eigenvalue weighted by atomic mass is 10.2. The van der Waals surface area contributed by atoms with Crippen LogP contribution in [0.25, 0.3) is 10.9 Å². The van der Waals surface area contributed by atoms with Crippen LogP contribution >= 0.6 is 12.4 Å². The SMILES string of the molecule is COc1cccc2c(Nc3ccccc3)nc(Nc3ccc(CNS(C)(=O)=O)cc3)nc12.Cl. The van der Waals surface area contributed by atoms with Crippen LogP contribution in [0.2, 0.25) is 0 Å². The van der Waals surface area contributed by atoms with Gasteiger partial charge in [-0.2, -0.15) is 4.98 Å². The van der Waals surface area contributed by atoms with E-state index in [2.05, 4.69) is 25.3 Å². The Hall–Kier alpha value is -3.40. The third-order valence-electron chi connectivity index (χ3n) is 4.69. The summed E-state index contributed by atoms with van der Waals surface area (Å²) in [7, 11) is -1.63. The van der Waals surface area contributed by atoms with E-state index >= 15 is 0 Å². The molecule has 0 saturated heterocycles. The van der Waals surface area contributed by atoms with E-state index in [0.29, 0.717) is 23.0 Å². The second-order valence-electron chi connectivity index (χ2n) is 7.16. The summed E-state index contributed by atoms with van der Waals surface area (Å²) < 4.78 is 30.5. The number of rotatable bonds is 8. The molecule has 8 nitrogen and oxygen atoms in total. The predicted molar refractivity (Wildman–Crippen MR) is 134 cm³/mol. The van der Waals surface area contributed by atoms with E-state index in [9.17, 15) is 8.42 Å². The molecule has 1 heterocycles. The molecule has 33 heavy (non-hydrogen) atoms. The first-order chi connectivity index (χ1) is 15.4. The maximum atomic E-state index is 11.3. The number of nitrogens with zero attached hydrogens (tertiary/aromatic N) is 2. The lowest BCUT2D eigenvalue weighted by molar-refractivity contribution is 0.419. The van der Waals surface area contributed by atoms with Gasteiger partial charge in [-0.25, -0.2) is 18.1 Å². The summed E-state index contributed by atoms with van der Waals surface area (Å²) in [4.78, 5) is 9.33. The molecule has 0 radical (unpaired) electrons. The normalized spacial score (nSPS) is 11.0. The summed E-state index contributed by atoms with van der Waals surface area (Å²) in [5.41, 5.74) is 3.20. The van der Waals surface area contributed by atoms with Crippen molar-refractivity contribution < 1.29 is 13.2 Å². The fraction of sp³-hybridized carbons (Fsp3) is 0.130. The number of ether oxygens (including phenoxy) is 1. The average molecular weight is 486 g/mol. The molecule has 0 atom stereocenters. The first-order valence-corrected chi connectivity index (χ1v) is 11.8. The first-order valence-electron chi connectivity index (χ1n) is 9.89. The Kier molecular flexibility index (Phi) is 7.70. The first kappa shape index (κ1) is 24.2. The van der Waals surface area contributed by atoms with Gasteiger partial charge in [0.15, 0.2) is 0 Å². The van der Waals surface area contributed by atoms with Gasteiger partial charge in [-0.05, 0) is 42.0 Å². The fourth-order valence-electron chi connectivity index (χ4n) is 3.15. The number of hydrogen-bond donors (Lipinski definition) is 3. The molecule has 0 amide bonds. The minimum Gasteiger partial charge on any atom is -0.494 e. The summed E-state index contributed by atoms with van der Waals surface area (Å²) in [5, 5.41) is 7.40. The van der Waals surface area contributed by atoms with Gasteiger partial charge in [0.1, 0.15) is 17.1 Å². The highest BCUT2D eigenvalue weighted by Crippen LogP contribution is 2.31. The molecule has 0 bridgehead atoms. The van der Waals surface area contributed by atoms with E-state index < -0.39 is 10.0 Å². The smallest absolute Gasteiger partial charge is 0.229 e. The van der Waals surface area contributed by atoms with Crippen LogP contribution in [-0.2, 0) is 16.6 Å². The van der Waals surface area contributed by atoms with Crippen LogP contribution in [0.5, 0.6) is 5.75 Å². The van der Waals surface area contributed by atoms with Crippen LogP contribution in [0.4, 0.5) is 23.1 Å². The number of hydrogen-bond acceptors (Lipinski definition) is 7. The zero-order valence-corrected chi connectivity index (χ0v) is 19.7. The Morgan fingerprint density at radius 1 is 0.848 bits per heavy atom. The van der Waals surface area contributed by atoms with E-state index in [4.69, 9.17) is 4.74 Å². The monoisotopic (exact) mass is 485 g/mol. The maximum absolute atomic E-state index is 11.3. The standard InChI is InChI=1S/C23H23N5O3S.ClH/c1-31-20-10-6-9-19-21(20)27-23(28-22(19)25-17-7-4-3-5-8-17)26-18-13-11-16(12-14-18)15-24-32(2,29)30;/h3-14,24H,15H2,1-2H3,(H2,25,26,27,28);1H. The van der Waals surface area contributed by atoms with E-state index in [1.54, 1.807) is 7.11 Å². The van der Waals surface area contributed by atoms with Gasteiger partial charge in [0.05, 0.1) is 13.4 Å². The summed E-state index contributed by atoms with van der Waals surface area (Å²) >= 11 is 0. The molecular weight excluding hydrogens is 462 g/mol. The van der Waals surface area contributed by atoms with Crippen molar-refractivity contribution in [1.29, 1.82) is 0 Å². The van der Waals surface area contributed by atoms with Gasteiger partial charge in [-0.1, -0.05) is 36.4 Å². The zero-order chi connectivity index (χ0) is 22.6. The fourth-order valence-corrected chi connectivity index (χ4v) is 3.58. The van der Waals surface area contributed by atoms with Gasteiger partial charge in [-0.15, -0.1) is 12.4 Å². The summed E-state index contributed by atoms with van der Waals surface area (Å²) in [6.07, 6.45) is 1.13. The number of para-hydroxylation sites is 2. The molecule has 3 aromatic carbocycles. The van der Waals surface area contributed by atoms with E-state index in [1.165, 1.54) is 0 Å². The van der Waals surface area contributed by atoms with E-state index in [0.717, 1.165) is 28.6 Å². The van der Waals surface area contributed by atoms with Gasteiger partial charge in [0.2, 0.25) is 16.0 Å². The van der Waals surface area contributed by atoms with Crippen molar-refractivity contribution in [3.8, 4) is 5.75 Å². The number of anilines is 4. The molecule has 4 aromatic rings. The number of fused-ring (bicyclic) bond motifs is 1. The molecule has 0 fully saturated rings. The Labute approximate surface area is 198 Å². The number of aromatic nitrogens is 2. The largest absolute Gasteiger partial charge is 0.494 e. The molecule has 0 aliphatic heterocycles. The third-order valence-corrected chi connectivity index (χ3v) is 5.36. The van der Waals surface area contributed by atoms with Gasteiger partial charge in [-0.3, -0.25) is 0 Å². The molecule has 1 aromatic heterocycles. The summed E-state index contributed by atoms with van der Waals surface area (Å²) in [6.45, 7) is 0.230. The van der Waals surface area contributed by atoms with Crippen LogP contribution in [0.3, 0.4) is 0 Å². The van der Waals surface area contributed by atoms with Crippen molar-refractivity contribution >= 4 is 56.5 Å². The second kappa shape index (κ2) is 10.5. The molecule has 10 heteroatoms. The van der Waals surface area contributed by atoms with E-state index in [-0.39, 0.29) is 19.0 Å². The molecule has 3 N–H and O–H groups in total. The Morgan fingerprint density at radius 2 is 1.55 bits per heavy atom.